The Labute approximate surface area is 134 Å². The maximum Gasteiger partial charge on any atom is 0.246 e. The van der Waals surface area contributed by atoms with Gasteiger partial charge in [-0.1, -0.05) is 36.4 Å². The van der Waals surface area contributed by atoms with Gasteiger partial charge in [-0.05, 0) is 47.5 Å². The summed E-state index contributed by atoms with van der Waals surface area (Å²) in [6.45, 7) is 4.05. The number of tetrazole rings is 1. The fourth-order valence-corrected chi connectivity index (χ4v) is 2.49. The third kappa shape index (κ3) is 3.60. The standard InChI is InChI=1S/C17H17N5O/c1-12-8-13(2)10-15(9-12)18-16(23)11-22-17(19-20-21-22)14-6-4-3-5-7-14/h3-10H,11H2,1-2H3,(H,18,23). The van der Waals surface area contributed by atoms with Gasteiger partial charge in [0.1, 0.15) is 6.54 Å². The molecule has 0 aliphatic heterocycles. The first-order chi connectivity index (χ1) is 11.1. The van der Waals surface area contributed by atoms with Crippen molar-refractivity contribution in [2.24, 2.45) is 0 Å². The maximum atomic E-state index is 12.3. The minimum absolute atomic E-state index is 0.0597. The summed E-state index contributed by atoms with van der Waals surface area (Å²) in [5, 5.41) is 14.5. The molecule has 0 atom stereocenters. The number of nitrogens with one attached hydrogen (secondary N) is 1. The van der Waals surface area contributed by atoms with Gasteiger partial charge in [-0.15, -0.1) is 5.10 Å². The number of hydrogen-bond donors (Lipinski definition) is 1. The van der Waals surface area contributed by atoms with Crippen LogP contribution in [0.25, 0.3) is 11.4 Å². The summed E-state index contributed by atoms with van der Waals surface area (Å²) in [6, 6.07) is 15.5. The number of aromatic nitrogens is 4. The summed E-state index contributed by atoms with van der Waals surface area (Å²) in [5.41, 5.74) is 3.86. The highest BCUT2D eigenvalue weighted by Crippen LogP contribution is 2.16. The summed E-state index contributed by atoms with van der Waals surface area (Å²) >= 11 is 0. The van der Waals surface area contributed by atoms with Crippen LogP contribution in [0.4, 0.5) is 5.69 Å². The van der Waals surface area contributed by atoms with E-state index in [1.807, 2.05) is 56.3 Å². The van der Waals surface area contributed by atoms with Crippen molar-refractivity contribution in [1.29, 1.82) is 0 Å². The molecule has 0 spiro atoms. The molecule has 0 radical (unpaired) electrons. The normalized spacial score (nSPS) is 10.5. The van der Waals surface area contributed by atoms with E-state index in [0.717, 1.165) is 22.4 Å². The lowest BCUT2D eigenvalue weighted by Gasteiger charge is -2.08. The quantitative estimate of drug-likeness (QED) is 0.804. The molecular weight excluding hydrogens is 290 g/mol. The van der Waals surface area contributed by atoms with Gasteiger partial charge >= 0.3 is 0 Å². The SMILES string of the molecule is Cc1cc(C)cc(NC(=O)Cn2nnnc2-c2ccccc2)c1. The first kappa shape index (κ1) is 14.9. The number of nitrogens with zero attached hydrogens (tertiary/aromatic N) is 4. The molecule has 1 aromatic heterocycles. The molecule has 0 unspecified atom stereocenters. The minimum atomic E-state index is -0.167. The summed E-state index contributed by atoms with van der Waals surface area (Å²) in [4.78, 5) is 12.3. The smallest absolute Gasteiger partial charge is 0.246 e. The molecule has 2 aromatic carbocycles. The molecule has 0 fully saturated rings. The zero-order valence-electron chi connectivity index (χ0n) is 13.0. The van der Waals surface area contributed by atoms with Crippen LogP contribution in [0.5, 0.6) is 0 Å². The van der Waals surface area contributed by atoms with Crippen molar-refractivity contribution >= 4 is 11.6 Å². The second kappa shape index (κ2) is 6.39. The van der Waals surface area contributed by atoms with Crippen LogP contribution in [0.15, 0.2) is 48.5 Å². The van der Waals surface area contributed by atoms with E-state index in [4.69, 9.17) is 0 Å². The van der Waals surface area contributed by atoms with Gasteiger partial charge in [0.2, 0.25) is 5.91 Å². The van der Waals surface area contributed by atoms with Crippen LogP contribution >= 0.6 is 0 Å². The Morgan fingerprint density at radius 2 is 1.78 bits per heavy atom. The van der Waals surface area contributed by atoms with Crippen molar-refractivity contribution in [1.82, 2.24) is 20.2 Å². The summed E-state index contributed by atoms with van der Waals surface area (Å²) in [7, 11) is 0. The number of rotatable bonds is 4. The van der Waals surface area contributed by atoms with Gasteiger partial charge in [0, 0.05) is 11.3 Å². The Morgan fingerprint density at radius 3 is 2.48 bits per heavy atom. The zero-order chi connectivity index (χ0) is 16.2. The Kier molecular flexibility index (Phi) is 4.14. The largest absolute Gasteiger partial charge is 0.324 e. The van der Waals surface area contributed by atoms with Crippen LogP contribution in [0.1, 0.15) is 11.1 Å². The van der Waals surface area contributed by atoms with Gasteiger partial charge in [0.25, 0.3) is 0 Å². The molecule has 0 aliphatic carbocycles. The Balaban J connectivity index is 1.75. The number of carbonyl (C=O) groups is 1. The lowest BCUT2D eigenvalue weighted by atomic mass is 10.1. The molecule has 0 saturated heterocycles. The zero-order valence-corrected chi connectivity index (χ0v) is 13.0. The molecule has 1 N–H and O–H groups in total. The molecule has 3 rings (SSSR count). The molecule has 0 saturated carbocycles. The van der Waals surface area contributed by atoms with Crippen molar-refractivity contribution in [3.8, 4) is 11.4 Å². The number of hydrogen-bond acceptors (Lipinski definition) is 4. The third-order valence-electron chi connectivity index (χ3n) is 3.36. The number of carbonyl (C=O) groups excluding carboxylic acids is 1. The number of benzene rings is 2. The fraction of sp³-hybridized carbons (Fsp3) is 0.176. The van der Waals surface area contributed by atoms with E-state index in [2.05, 4.69) is 26.9 Å². The summed E-state index contributed by atoms with van der Waals surface area (Å²) in [5.74, 6) is 0.403. The monoisotopic (exact) mass is 307 g/mol. The van der Waals surface area contributed by atoms with E-state index in [0.29, 0.717) is 5.82 Å². The van der Waals surface area contributed by atoms with Crippen molar-refractivity contribution in [2.75, 3.05) is 5.32 Å². The van der Waals surface area contributed by atoms with Gasteiger partial charge in [-0.2, -0.15) is 0 Å². The molecule has 23 heavy (non-hydrogen) atoms. The Bertz CT molecular complexity index is 806. The summed E-state index contributed by atoms with van der Waals surface area (Å²) in [6.07, 6.45) is 0. The van der Waals surface area contributed by atoms with Crippen LogP contribution in [-0.4, -0.2) is 26.1 Å². The molecule has 0 bridgehead atoms. The third-order valence-corrected chi connectivity index (χ3v) is 3.36. The van der Waals surface area contributed by atoms with Gasteiger partial charge in [0.05, 0.1) is 0 Å². The first-order valence-electron chi connectivity index (χ1n) is 7.31. The highest BCUT2D eigenvalue weighted by Gasteiger charge is 2.12. The van der Waals surface area contributed by atoms with Gasteiger partial charge in [0.15, 0.2) is 5.82 Å². The molecule has 6 nitrogen and oxygen atoms in total. The second-order valence-electron chi connectivity index (χ2n) is 5.45. The van der Waals surface area contributed by atoms with Crippen molar-refractivity contribution in [3.05, 3.63) is 59.7 Å². The predicted octanol–water partition coefficient (Wildman–Crippen LogP) is 2.60. The highest BCUT2D eigenvalue weighted by molar-refractivity contribution is 5.90. The van der Waals surface area contributed by atoms with Crippen molar-refractivity contribution in [3.63, 3.8) is 0 Å². The van der Waals surface area contributed by atoms with Crippen LogP contribution in [0.3, 0.4) is 0 Å². The van der Waals surface area contributed by atoms with Crippen LogP contribution in [0.2, 0.25) is 0 Å². The molecular formula is C17H17N5O. The van der Waals surface area contributed by atoms with Crippen molar-refractivity contribution in [2.45, 2.75) is 20.4 Å². The molecule has 0 aliphatic rings. The number of anilines is 1. The van der Waals surface area contributed by atoms with E-state index in [1.165, 1.54) is 4.68 Å². The number of aryl methyl sites for hydroxylation is 2. The number of amides is 1. The lowest BCUT2D eigenvalue weighted by Crippen LogP contribution is -2.20. The molecule has 6 heteroatoms. The van der Waals surface area contributed by atoms with E-state index < -0.39 is 0 Å². The van der Waals surface area contributed by atoms with E-state index in [-0.39, 0.29) is 12.5 Å². The van der Waals surface area contributed by atoms with Gasteiger partial charge in [-0.3, -0.25) is 4.79 Å². The van der Waals surface area contributed by atoms with E-state index in [9.17, 15) is 4.79 Å². The van der Waals surface area contributed by atoms with Gasteiger partial charge < -0.3 is 5.32 Å². The van der Waals surface area contributed by atoms with E-state index in [1.54, 1.807) is 0 Å². The molecule has 3 aromatic rings. The molecule has 1 amide bonds. The lowest BCUT2D eigenvalue weighted by molar-refractivity contribution is -0.116. The average Bonchev–Trinajstić information content (AvgIpc) is 2.95. The van der Waals surface area contributed by atoms with Crippen LogP contribution < -0.4 is 5.32 Å². The predicted molar refractivity (Wildman–Crippen MR) is 87.8 cm³/mol. The van der Waals surface area contributed by atoms with E-state index >= 15 is 0 Å². The van der Waals surface area contributed by atoms with Gasteiger partial charge in [-0.25, -0.2) is 4.68 Å². The fourth-order valence-electron chi connectivity index (χ4n) is 2.49. The molecule has 116 valence electrons. The van der Waals surface area contributed by atoms with Crippen LogP contribution in [-0.2, 0) is 11.3 Å². The average molecular weight is 307 g/mol. The van der Waals surface area contributed by atoms with Crippen molar-refractivity contribution < 1.29 is 4.79 Å². The molecule has 1 heterocycles. The maximum absolute atomic E-state index is 12.3. The topological polar surface area (TPSA) is 72.7 Å². The van der Waals surface area contributed by atoms with Crippen LogP contribution in [0, 0.1) is 13.8 Å². The summed E-state index contributed by atoms with van der Waals surface area (Å²) < 4.78 is 1.49. The highest BCUT2D eigenvalue weighted by atomic mass is 16.2. The Hall–Kier alpha value is -3.02. The first-order valence-corrected chi connectivity index (χ1v) is 7.31. The second-order valence-corrected chi connectivity index (χ2v) is 5.45. The Morgan fingerprint density at radius 1 is 1.09 bits per heavy atom. The minimum Gasteiger partial charge on any atom is -0.324 e.